The number of piperidine rings is 2. The highest BCUT2D eigenvalue weighted by molar-refractivity contribution is 8.00. The van der Waals surface area contributed by atoms with Gasteiger partial charge >= 0.3 is 0 Å². The topological polar surface area (TPSA) is 104 Å². The lowest BCUT2D eigenvalue weighted by Gasteiger charge is -2.45. The highest BCUT2D eigenvalue weighted by Gasteiger charge is 2.47. The third kappa shape index (κ3) is 5.70. The van der Waals surface area contributed by atoms with E-state index in [1.165, 1.54) is 0 Å². The Labute approximate surface area is 223 Å². The number of likely N-dealkylation sites (tertiary alicyclic amines) is 1. The van der Waals surface area contributed by atoms with Crippen molar-refractivity contribution in [3.63, 3.8) is 0 Å². The third-order valence-corrected chi connectivity index (χ3v) is 10.8. The maximum atomic E-state index is 13.5. The Bertz CT molecular complexity index is 796. The Kier molecular flexibility index (Phi) is 8.72. The number of hydrogen-bond acceptors (Lipinski definition) is 8. The second-order valence-corrected chi connectivity index (χ2v) is 13.2. The fourth-order valence-electron chi connectivity index (χ4n) is 7.08. The van der Waals surface area contributed by atoms with Crippen LogP contribution in [0.2, 0.25) is 0 Å². The SMILES string of the molecule is COC1CCC(C(=O)N2CC3NC(NC(=O)C4CNC(C)CC4C4CC(Cl)NCC4OC)SC3C2)C1. The van der Waals surface area contributed by atoms with Gasteiger partial charge in [0.25, 0.3) is 0 Å². The molecule has 0 aromatic rings. The van der Waals surface area contributed by atoms with E-state index in [9.17, 15) is 9.59 Å². The average molecular weight is 544 g/mol. The van der Waals surface area contributed by atoms with Crippen LogP contribution < -0.4 is 21.3 Å². The van der Waals surface area contributed by atoms with Crippen molar-refractivity contribution in [3.8, 4) is 0 Å². The van der Waals surface area contributed by atoms with E-state index in [-0.39, 0.29) is 64.7 Å². The highest BCUT2D eigenvalue weighted by atomic mass is 35.5. The van der Waals surface area contributed by atoms with Gasteiger partial charge in [-0.05, 0) is 50.9 Å². The lowest BCUT2D eigenvalue weighted by atomic mass is 9.70. The fraction of sp³-hybridized carbons (Fsp3) is 0.920. The first-order chi connectivity index (χ1) is 17.4. The number of carbonyl (C=O) groups is 2. The number of amides is 2. The molecule has 5 aliphatic rings. The molecule has 204 valence electrons. The first-order valence-electron chi connectivity index (χ1n) is 13.5. The first-order valence-corrected chi connectivity index (χ1v) is 14.9. The van der Waals surface area contributed by atoms with Crippen LogP contribution in [0.5, 0.6) is 0 Å². The van der Waals surface area contributed by atoms with Gasteiger partial charge in [0.05, 0.1) is 23.6 Å². The van der Waals surface area contributed by atoms with Gasteiger partial charge in [-0.3, -0.25) is 20.2 Å². The summed E-state index contributed by atoms with van der Waals surface area (Å²) in [5.74, 6) is 0.790. The van der Waals surface area contributed by atoms with Gasteiger partial charge in [0.1, 0.15) is 5.50 Å². The van der Waals surface area contributed by atoms with Crippen LogP contribution in [-0.4, -0.2) is 97.7 Å². The molecular formula is C25H42ClN5O4S. The number of nitrogens with zero attached hydrogens (tertiary/aromatic N) is 1. The molecule has 1 saturated carbocycles. The van der Waals surface area contributed by atoms with E-state index in [4.69, 9.17) is 21.1 Å². The van der Waals surface area contributed by atoms with Crippen LogP contribution >= 0.6 is 23.4 Å². The smallest absolute Gasteiger partial charge is 0.226 e. The van der Waals surface area contributed by atoms with Gasteiger partial charge in [0, 0.05) is 63.7 Å². The molecule has 0 spiro atoms. The lowest BCUT2D eigenvalue weighted by molar-refractivity contribution is -0.134. The van der Waals surface area contributed by atoms with Crippen molar-refractivity contribution in [2.75, 3.05) is 40.4 Å². The number of halogens is 1. The van der Waals surface area contributed by atoms with E-state index in [1.54, 1.807) is 26.0 Å². The van der Waals surface area contributed by atoms with Gasteiger partial charge in [-0.2, -0.15) is 0 Å². The van der Waals surface area contributed by atoms with Crippen molar-refractivity contribution in [2.45, 2.75) is 79.6 Å². The van der Waals surface area contributed by atoms with Crippen LogP contribution in [-0.2, 0) is 19.1 Å². The highest BCUT2D eigenvalue weighted by Crippen LogP contribution is 2.39. The number of carbonyl (C=O) groups excluding carboxylic acids is 2. The van der Waals surface area contributed by atoms with E-state index in [1.807, 2.05) is 4.90 Å². The van der Waals surface area contributed by atoms with Crippen LogP contribution in [0.3, 0.4) is 0 Å². The van der Waals surface area contributed by atoms with Gasteiger partial charge in [0.2, 0.25) is 11.8 Å². The summed E-state index contributed by atoms with van der Waals surface area (Å²) < 4.78 is 11.3. The molecule has 0 radical (unpaired) electrons. The zero-order valence-corrected chi connectivity index (χ0v) is 23.2. The summed E-state index contributed by atoms with van der Waals surface area (Å²) in [6, 6.07) is 0.574. The number of hydrogen-bond donors (Lipinski definition) is 4. The van der Waals surface area contributed by atoms with Gasteiger partial charge in [-0.1, -0.05) is 0 Å². The molecule has 0 aromatic heterocycles. The van der Waals surface area contributed by atoms with E-state index in [0.717, 1.165) is 38.6 Å². The summed E-state index contributed by atoms with van der Waals surface area (Å²) in [6.07, 6.45) is 4.74. The lowest BCUT2D eigenvalue weighted by Crippen LogP contribution is -2.57. The molecule has 9 nitrogen and oxygen atoms in total. The number of fused-ring (bicyclic) bond motifs is 1. The summed E-state index contributed by atoms with van der Waals surface area (Å²) in [5, 5.41) is 14.0. The minimum Gasteiger partial charge on any atom is -0.381 e. The average Bonchev–Trinajstić information content (AvgIpc) is 3.58. The quantitative estimate of drug-likeness (QED) is 0.290. The van der Waals surface area contributed by atoms with Crippen LogP contribution in [0.1, 0.15) is 39.0 Å². The van der Waals surface area contributed by atoms with Crippen molar-refractivity contribution in [2.24, 2.45) is 23.7 Å². The summed E-state index contributed by atoms with van der Waals surface area (Å²) in [7, 11) is 3.48. The van der Waals surface area contributed by atoms with Crippen LogP contribution in [0.4, 0.5) is 0 Å². The van der Waals surface area contributed by atoms with Gasteiger partial charge < -0.3 is 25.0 Å². The number of rotatable bonds is 6. The van der Waals surface area contributed by atoms with Crippen molar-refractivity contribution >= 4 is 35.2 Å². The number of ether oxygens (including phenoxy) is 2. The van der Waals surface area contributed by atoms with E-state index < -0.39 is 0 Å². The Morgan fingerprint density at radius 3 is 2.58 bits per heavy atom. The Morgan fingerprint density at radius 1 is 1.03 bits per heavy atom. The Hall–Kier alpha value is -0.620. The molecule has 36 heavy (non-hydrogen) atoms. The zero-order valence-electron chi connectivity index (χ0n) is 21.6. The molecule has 0 bridgehead atoms. The predicted molar refractivity (Wildman–Crippen MR) is 141 cm³/mol. The van der Waals surface area contributed by atoms with Crippen LogP contribution in [0.15, 0.2) is 0 Å². The van der Waals surface area contributed by atoms with Gasteiger partial charge in [-0.25, -0.2) is 0 Å². The zero-order chi connectivity index (χ0) is 25.4. The molecule has 11 atom stereocenters. The summed E-state index contributed by atoms with van der Waals surface area (Å²) in [5.41, 5.74) is -0.210. The van der Waals surface area contributed by atoms with Crippen LogP contribution in [0, 0.1) is 23.7 Å². The second-order valence-electron chi connectivity index (χ2n) is 11.3. The largest absolute Gasteiger partial charge is 0.381 e. The van der Waals surface area contributed by atoms with Crippen LogP contribution in [0.25, 0.3) is 0 Å². The predicted octanol–water partition coefficient (Wildman–Crippen LogP) is 0.921. The number of thioether (sulfide) groups is 1. The normalized spacial score (nSPS) is 45.0. The standard InChI is InChI=1S/C25H42ClN5O4S/c1-13-6-16(17-8-22(26)28-10-20(17)35-3)18(9-27-13)23(32)30-25-29-19-11-31(12-21(19)36-25)24(33)14-4-5-15(7-14)34-2/h13-22,25,27-29H,4-12H2,1-3H3,(H,30,32). The Morgan fingerprint density at radius 2 is 1.86 bits per heavy atom. The minimum absolute atomic E-state index is 0.0616. The Balaban J connectivity index is 1.15. The molecule has 4 heterocycles. The number of alkyl halides is 1. The van der Waals surface area contributed by atoms with Crippen molar-refractivity contribution in [1.82, 2.24) is 26.2 Å². The van der Waals surface area contributed by atoms with Gasteiger partial charge in [-0.15, -0.1) is 23.4 Å². The van der Waals surface area contributed by atoms with E-state index in [0.29, 0.717) is 30.9 Å². The molecule has 5 rings (SSSR count). The molecule has 11 unspecified atom stereocenters. The summed E-state index contributed by atoms with van der Waals surface area (Å²) in [6.45, 7) is 5.03. The van der Waals surface area contributed by atoms with Gasteiger partial charge in [0.15, 0.2) is 0 Å². The maximum absolute atomic E-state index is 13.5. The monoisotopic (exact) mass is 543 g/mol. The maximum Gasteiger partial charge on any atom is 0.226 e. The van der Waals surface area contributed by atoms with Crippen molar-refractivity contribution in [1.29, 1.82) is 0 Å². The van der Waals surface area contributed by atoms with E-state index in [2.05, 4.69) is 28.2 Å². The minimum atomic E-state index is -0.124. The molecule has 4 N–H and O–H groups in total. The summed E-state index contributed by atoms with van der Waals surface area (Å²) in [4.78, 5) is 28.6. The molecule has 4 aliphatic heterocycles. The third-order valence-electron chi connectivity index (χ3n) is 9.11. The fourth-order valence-corrected chi connectivity index (χ4v) is 8.79. The molecule has 5 fully saturated rings. The molecule has 1 aliphatic carbocycles. The first kappa shape index (κ1) is 27.0. The van der Waals surface area contributed by atoms with Crippen molar-refractivity contribution < 1.29 is 19.1 Å². The molecular weight excluding hydrogens is 502 g/mol. The molecule has 4 saturated heterocycles. The molecule has 11 heteroatoms. The van der Waals surface area contributed by atoms with E-state index >= 15 is 0 Å². The summed E-state index contributed by atoms with van der Waals surface area (Å²) >= 11 is 8.22. The molecule has 0 aromatic carbocycles. The molecule has 2 amide bonds. The number of methoxy groups -OCH3 is 2. The van der Waals surface area contributed by atoms with Crippen molar-refractivity contribution in [3.05, 3.63) is 0 Å². The second kappa shape index (κ2) is 11.6. The number of nitrogens with one attached hydrogen (secondary N) is 4.